The number of nitrogens with one attached hydrogen (secondary N) is 1. The number of hydrogen-bond donors (Lipinski definition) is 4. The van der Waals surface area contributed by atoms with Crippen LogP contribution in [0.2, 0.25) is 0 Å². The van der Waals surface area contributed by atoms with E-state index in [1.807, 2.05) is 0 Å². The van der Waals surface area contributed by atoms with Gasteiger partial charge >= 0.3 is 5.97 Å². The molecule has 0 radical (unpaired) electrons. The largest absolute Gasteiger partial charge is 0.481 e. The van der Waals surface area contributed by atoms with Crippen LogP contribution in [0.15, 0.2) is 30.5 Å². The zero-order chi connectivity index (χ0) is 18.2. The number of hydrogen-bond acceptors (Lipinski definition) is 4. The van der Waals surface area contributed by atoms with Crippen molar-refractivity contribution >= 4 is 28.7 Å². The molecule has 1 aliphatic carbocycles. The lowest BCUT2D eigenvalue weighted by atomic mass is 9.71. The maximum absolute atomic E-state index is 12.2. The number of benzene rings is 1. The molecule has 8 nitrogen and oxygen atoms in total. The highest BCUT2D eigenvalue weighted by atomic mass is 16.4. The Labute approximate surface area is 143 Å². The van der Waals surface area contributed by atoms with E-state index in [0.717, 1.165) is 0 Å². The van der Waals surface area contributed by atoms with Crippen molar-refractivity contribution in [2.75, 3.05) is 6.54 Å². The molecule has 1 saturated carbocycles. The van der Waals surface area contributed by atoms with Crippen molar-refractivity contribution in [2.24, 2.45) is 11.7 Å². The SMILES string of the molecule is NC(=O)c1cn(CC(=O)NCC2(O)CC(C(=O)O)C2)c2ccccc12. The quantitative estimate of drug-likeness (QED) is 0.588. The van der Waals surface area contributed by atoms with E-state index in [-0.39, 0.29) is 31.8 Å². The Kier molecular flexibility index (Phi) is 4.22. The fourth-order valence-electron chi connectivity index (χ4n) is 3.22. The molecule has 0 atom stereocenters. The fraction of sp³-hybridized carbons (Fsp3) is 0.353. The topological polar surface area (TPSA) is 135 Å². The van der Waals surface area contributed by atoms with Crippen LogP contribution in [0.25, 0.3) is 10.9 Å². The first kappa shape index (κ1) is 17.0. The molecule has 1 heterocycles. The van der Waals surface area contributed by atoms with Gasteiger partial charge in [-0.15, -0.1) is 0 Å². The van der Waals surface area contributed by atoms with Gasteiger partial charge in [0.05, 0.1) is 17.1 Å². The smallest absolute Gasteiger partial charge is 0.306 e. The van der Waals surface area contributed by atoms with E-state index in [2.05, 4.69) is 5.32 Å². The summed E-state index contributed by atoms with van der Waals surface area (Å²) in [6.45, 7) is -0.0380. The Hall–Kier alpha value is -2.87. The average Bonchev–Trinajstić information content (AvgIpc) is 2.89. The first-order chi connectivity index (χ1) is 11.8. The van der Waals surface area contributed by atoms with Crippen molar-refractivity contribution in [1.29, 1.82) is 0 Å². The number of para-hydroxylation sites is 1. The van der Waals surface area contributed by atoms with Crippen molar-refractivity contribution in [2.45, 2.75) is 25.0 Å². The maximum atomic E-state index is 12.2. The molecule has 1 aromatic heterocycles. The summed E-state index contributed by atoms with van der Waals surface area (Å²) in [7, 11) is 0. The van der Waals surface area contributed by atoms with E-state index in [0.29, 0.717) is 16.5 Å². The van der Waals surface area contributed by atoms with Crippen molar-refractivity contribution in [3.63, 3.8) is 0 Å². The van der Waals surface area contributed by atoms with E-state index in [9.17, 15) is 19.5 Å². The lowest BCUT2D eigenvalue weighted by Gasteiger charge is -2.41. The van der Waals surface area contributed by atoms with E-state index in [1.165, 1.54) is 6.20 Å². The van der Waals surface area contributed by atoms with Crippen LogP contribution in [0.3, 0.4) is 0 Å². The molecule has 1 fully saturated rings. The molecule has 0 bridgehead atoms. The number of amides is 2. The minimum atomic E-state index is -1.17. The number of carbonyl (C=O) groups is 3. The molecule has 0 aliphatic heterocycles. The fourth-order valence-corrected chi connectivity index (χ4v) is 3.22. The number of nitrogens with two attached hydrogens (primary N) is 1. The second-order valence-corrected chi connectivity index (χ2v) is 6.50. The van der Waals surface area contributed by atoms with Gasteiger partial charge < -0.3 is 25.8 Å². The van der Waals surface area contributed by atoms with E-state index in [1.54, 1.807) is 28.8 Å². The average molecular weight is 345 g/mol. The molecule has 0 unspecified atom stereocenters. The molecule has 132 valence electrons. The molecule has 5 N–H and O–H groups in total. The maximum Gasteiger partial charge on any atom is 0.306 e. The molecule has 8 heteroatoms. The van der Waals surface area contributed by atoms with Gasteiger partial charge in [0.1, 0.15) is 6.54 Å². The van der Waals surface area contributed by atoms with E-state index >= 15 is 0 Å². The van der Waals surface area contributed by atoms with Gasteiger partial charge in [-0.3, -0.25) is 14.4 Å². The highest BCUT2D eigenvalue weighted by molar-refractivity contribution is 6.06. The molecular formula is C17H19N3O5. The summed E-state index contributed by atoms with van der Waals surface area (Å²) < 4.78 is 1.62. The number of rotatable bonds is 6. The van der Waals surface area contributed by atoms with Gasteiger partial charge in [-0.1, -0.05) is 18.2 Å². The summed E-state index contributed by atoms with van der Waals surface area (Å²) in [6.07, 6.45) is 1.78. The highest BCUT2D eigenvalue weighted by Gasteiger charge is 2.46. The van der Waals surface area contributed by atoms with Crippen LogP contribution in [-0.2, 0) is 16.1 Å². The monoisotopic (exact) mass is 345 g/mol. The molecule has 0 saturated heterocycles. The van der Waals surface area contributed by atoms with Crippen LogP contribution >= 0.6 is 0 Å². The summed E-state index contributed by atoms with van der Waals surface area (Å²) in [5.74, 6) is -2.41. The van der Waals surface area contributed by atoms with E-state index < -0.39 is 23.4 Å². The molecular weight excluding hydrogens is 326 g/mol. The molecule has 0 spiro atoms. The lowest BCUT2D eigenvalue weighted by molar-refractivity contribution is -0.158. The molecule has 3 rings (SSSR count). The summed E-state index contributed by atoms with van der Waals surface area (Å²) in [5.41, 5.74) is 5.24. The first-order valence-electron chi connectivity index (χ1n) is 7.89. The number of carboxylic acids is 1. The Morgan fingerprint density at radius 2 is 1.96 bits per heavy atom. The number of carboxylic acid groups (broad SMARTS) is 1. The van der Waals surface area contributed by atoms with Crippen molar-refractivity contribution < 1.29 is 24.6 Å². The summed E-state index contributed by atoms with van der Waals surface area (Å²) in [4.78, 5) is 34.5. The Morgan fingerprint density at radius 3 is 2.60 bits per heavy atom. The third kappa shape index (κ3) is 3.34. The van der Waals surface area contributed by atoms with Crippen molar-refractivity contribution in [3.8, 4) is 0 Å². The highest BCUT2D eigenvalue weighted by Crippen LogP contribution is 2.37. The molecule has 25 heavy (non-hydrogen) atoms. The number of fused-ring (bicyclic) bond motifs is 1. The number of aromatic nitrogens is 1. The zero-order valence-corrected chi connectivity index (χ0v) is 13.4. The second kappa shape index (κ2) is 6.21. The number of primary amides is 1. The standard InChI is InChI=1S/C17H19N3O5/c18-15(22)12-7-20(13-4-2-1-3-11(12)13)8-14(21)19-9-17(25)5-10(6-17)16(23)24/h1-4,7,10,25H,5-6,8-9H2,(H2,18,22)(H,19,21)(H,23,24). The third-order valence-electron chi connectivity index (χ3n) is 4.58. The molecule has 1 aliphatic rings. The summed E-state index contributed by atoms with van der Waals surface area (Å²) in [5, 5.41) is 22.3. The first-order valence-corrected chi connectivity index (χ1v) is 7.89. The zero-order valence-electron chi connectivity index (χ0n) is 13.4. The van der Waals surface area contributed by atoms with Gasteiger partial charge in [0, 0.05) is 23.6 Å². The Bertz CT molecular complexity index is 851. The van der Waals surface area contributed by atoms with Crippen molar-refractivity contribution in [1.82, 2.24) is 9.88 Å². The number of aliphatic carboxylic acids is 1. The van der Waals surface area contributed by atoms with Gasteiger partial charge in [-0.05, 0) is 18.9 Å². The third-order valence-corrected chi connectivity index (χ3v) is 4.58. The summed E-state index contributed by atoms with van der Waals surface area (Å²) in [6, 6.07) is 7.12. The van der Waals surface area contributed by atoms with Gasteiger partial charge in [-0.25, -0.2) is 0 Å². The number of aliphatic hydroxyl groups is 1. The van der Waals surface area contributed by atoms with Crippen LogP contribution in [0.4, 0.5) is 0 Å². The molecule has 2 amide bonds. The Balaban J connectivity index is 1.65. The minimum Gasteiger partial charge on any atom is -0.481 e. The normalized spacial score (nSPS) is 22.4. The second-order valence-electron chi connectivity index (χ2n) is 6.50. The van der Waals surface area contributed by atoms with Gasteiger partial charge in [0.25, 0.3) is 5.91 Å². The van der Waals surface area contributed by atoms with Crippen LogP contribution < -0.4 is 11.1 Å². The predicted octanol–water partition coefficient (Wildman–Crippen LogP) is 0.0821. The minimum absolute atomic E-state index is 0.00249. The van der Waals surface area contributed by atoms with Crippen LogP contribution in [0.5, 0.6) is 0 Å². The Morgan fingerprint density at radius 1 is 1.28 bits per heavy atom. The molecule has 1 aromatic carbocycles. The predicted molar refractivity (Wildman–Crippen MR) is 88.8 cm³/mol. The van der Waals surface area contributed by atoms with Crippen LogP contribution in [0, 0.1) is 5.92 Å². The molecule has 2 aromatic rings. The van der Waals surface area contributed by atoms with Gasteiger partial charge in [0.15, 0.2) is 0 Å². The number of nitrogens with zero attached hydrogens (tertiary/aromatic N) is 1. The van der Waals surface area contributed by atoms with Crippen LogP contribution in [0.1, 0.15) is 23.2 Å². The van der Waals surface area contributed by atoms with Gasteiger partial charge in [0.2, 0.25) is 5.91 Å². The van der Waals surface area contributed by atoms with Crippen molar-refractivity contribution in [3.05, 3.63) is 36.0 Å². The van der Waals surface area contributed by atoms with E-state index in [4.69, 9.17) is 10.8 Å². The lowest BCUT2D eigenvalue weighted by Crippen LogP contribution is -2.54. The summed E-state index contributed by atoms with van der Waals surface area (Å²) >= 11 is 0. The number of carbonyl (C=O) groups excluding carboxylic acids is 2. The van der Waals surface area contributed by atoms with Crippen LogP contribution in [-0.4, -0.2) is 44.7 Å². The van der Waals surface area contributed by atoms with Gasteiger partial charge in [-0.2, -0.15) is 0 Å².